The van der Waals surface area contributed by atoms with Crippen LogP contribution in [0, 0.1) is 0 Å². The van der Waals surface area contributed by atoms with E-state index in [2.05, 4.69) is 26.5 Å². The highest BCUT2D eigenvalue weighted by molar-refractivity contribution is 9.10. The molecule has 0 saturated heterocycles. The molecule has 6 nitrogen and oxygen atoms in total. The van der Waals surface area contributed by atoms with Crippen molar-refractivity contribution in [3.05, 3.63) is 52.5 Å². The number of carbonyl (C=O) groups is 1. The zero-order valence-corrected chi connectivity index (χ0v) is 15.6. The third kappa shape index (κ3) is 6.11. The normalized spacial score (nSPS) is 10.5. The van der Waals surface area contributed by atoms with E-state index in [9.17, 15) is 4.79 Å². The van der Waals surface area contributed by atoms with Gasteiger partial charge in [-0.2, -0.15) is 5.10 Å². The lowest BCUT2D eigenvalue weighted by Gasteiger charge is -2.09. The largest absolute Gasteiger partial charge is 0.493 e. The topological polar surface area (TPSA) is 69.2 Å². The number of hydrogen-bond donors (Lipinski definition) is 1. The zero-order chi connectivity index (χ0) is 18.1. The van der Waals surface area contributed by atoms with Crippen LogP contribution < -0.4 is 19.6 Å². The van der Waals surface area contributed by atoms with Crippen molar-refractivity contribution in [3.8, 4) is 17.2 Å². The molecule has 132 valence electrons. The Balaban J connectivity index is 1.86. The Morgan fingerprint density at radius 1 is 1.20 bits per heavy atom. The van der Waals surface area contributed by atoms with E-state index < -0.39 is 0 Å². The first-order valence-corrected chi connectivity index (χ1v) is 8.42. The van der Waals surface area contributed by atoms with Crippen LogP contribution in [-0.4, -0.2) is 32.4 Å². The average molecular weight is 407 g/mol. The van der Waals surface area contributed by atoms with Crippen LogP contribution in [0.15, 0.2) is 52.0 Å². The Morgan fingerprint density at radius 2 is 2.04 bits per heavy atom. The van der Waals surface area contributed by atoms with Crippen LogP contribution in [0.5, 0.6) is 17.2 Å². The second kappa shape index (κ2) is 9.68. The number of benzene rings is 2. The number of amides is 1. The van der Waals surface area contributed by atoms with Crippen LogP contribution in [0.3, 0.4) is 0 Å². The number of carbonyl (C=O) groups excluding carboxylic acids is 1. The number of nitrogens with one attached hydrogen (secondary N) is 1. The predicted octanol–water partition coefficient (Wildman–Crippen LogP) is 3.39. The summed E-state index contributed by atoms with van der Waals surface area (Å²) >= 11 is 3.34. The first kappa shape index (κ1) is 18.8. The number of rotatable bonds is 8. The molecule has 0 heterocycles. The summed E-state index contributed by atoms with van der Waals surface area (Å²) in [6.07, 6.45) is 1.52. The van der Waals surface area contributed by atoms with Crippen molar-refractivity contribution in [2.45, 2.75) is 6.92 Å². The minimum Gasteiger partial charge on any atom is -0.493 e. The summed E-state index contributed by atoms with van der Waals surface area (Å²) in [6, 6.07) is 12.6. The van der Waals surface area contributed by atoms with Gasteiger partial charge in [-0.3, -0.25) is 4.79 Å². The molecule has 0 saturated carbocycles. The molecular weight excluding hydrogens is 388 g/mol. The van der Waals surface area contributed by atoms with Gasteiger partial charge in [-0.1, -0.05) is 22.0 Å². The minimum absolute atomic E-state index is 0.125. The lowest BCUT2D eigenvalue weighted by atomic mass is 10.2. The van der Waals surface area contributed by atoms with Gasteiger partial charge in [0.05, 0.1) is 19.9 Å². The van der Waals surface area contributed by atoms with Crippen molar-refractivity contribution in [2.75, 3.05) is 20.3 Å². The zero-order valence-electron chi connectivity index (χ0n) is 14.0. The van der Waals surface area contributed by atoms with Crippen LogP contribution in [0.1, 0.15) is 12.5 Å². The fourth-order valence-electron chi connectivity index (χ4n) is 1.96. The summed E-state index contributed by atoms with van der Waals surface area (Å²) in [6.45, 7) is 2.33. The van der Waals surface area contributed by atoms with E-state index in [0.717, 1.165) is 10.0 Å². The van der Waals surface area contributed by atoms with Gasteiger partial charge in [0.1, 0.15) is 5.75 Å². The van der Waals surface area contributed by atoms with Crippen LogP contribution in [-0.2, 0) is 4.79 Å². The van der Waals surface area contributed by atoms with Crippen molar-refractivity contribution >= 4 is 28.1 Å². The number of methoxy groups -OCH3 is 1. The van der Waals surface area contributed by atoms with Gasteiger partial charge in [0, 0.05) is 4.47 Å². The number of ether oxygens (including phenoxy) is 3. The second-order valence-corrected chi connectivity index (χ2v) is 5.80. The molecule has 0 aliphatic rings. The fourth-order valence-corrected chi connectivity index (χ4v) is 2.33. The molecule has 0 radical (unpaired) electrons. The summed E-state index contributed by atoms with van der Waals surface area (Å²) < 4.78 is 17.0. The predicted molar refractivity (Wildman–Crippen MR) is 99.5 cm³/mol. The quantitative estimate of drug-likeness (QED) is 0.538. The summed E-state index contributed by atoms with van der Waals surface area (Å²) in [5.41, 5.74) is 3.19. The van der Waals surface area contributed by atoms with E-state index in [-0.39, 0.29) is 12.5 Å². The highest BCUT2D eigenvalue weighted by Gasteiger charge is 2.05. The number of hydrogen-bond acceptors (Lipinski definition) is 5. The summed E-state index contributed by atoms with van der Waals surface area (Å²) in [4.78, 5) is 11.7. The number of hydrazone groups is 1. The highest BCUT2D eigenvalue weighted by Crippen LogP contribution is 2.27. The maximum Gasteiger partial charge on any atom is 0.277 e. The summed E-state index contributed by atoms with van der Waals surface area (Å²) in [5.74, 6) is 1.52. The Morgan fingerprint density at radius 3 is 2.76 bits per heavy atom. The van der Waals surface area contributed by atoms with Crippen molar-refractivity contribution in [3.63, 3.8) is 0 Å². The van der Waals surface area contributed by atoms with Gasteiger partial charge in [0.15, 0.2) is 18.1 Å². The molecule has 7 heteroatoms. The molecule has 0 aliphatic heterocycles. The third-order valence-corrected chi connectivity index (χ3v) is 3.55. The second-order valence-electron chi connectivity index (χ2n) is 4.88. The molecule has 25 heavy (non-hydrogen) atoms. The number of halogens is 1. The standard InChI is InChI=1S/C18H19BrN2O4/c1-3-24-16-8-7-13(9-17(16)23-2)11-20-21-18(22)12-25-15-6-4-5-14(19)10-15/h4-11H,3,12H2,1-2H3,(H,21,22)/b20-11-. The Labute approximate surface area is 154 Å². The van der Waals surface area contributed by atoms with E-state index in [4.69, 9.17) is 14.2 Å². The third-order valence-electron chi connectivity index (χ3n) is 3.06. The van der Waals surface area contributed by atoms with Crippen LogP contribution >= 0.6 is 15.9 Å². The molecule has 0 atom stereocenters. The fraction of sp³-hybridized carbons (Fsp3) is 0.222. The monoisotopic (exact) mass is 406 g/mol. The van der Waals surface area contributed by atoms with Crippen molar-refractivity contribution in [1.29, 1.82) is 0 Å². The Kier molecular flexibility index (Phi) is 7.28. The molecule has 2 aromatic rings. The molecule has 0 unspecified atom stereocenters. The van der Waals surface area contributed by atoms with Crippen LogP contribution in [0.25, 0.3) is 0 Å². The molecule has 1 N–H and O–H groups in total. The van der Waals surface area contributed by atoms with Gasteiger partial charge in [-0.15, -0.1) is 0 Å². The summed E-state index contributed by atoms with van der Waals surface area (Å²) in [5, 5.41) is 3.91. The van der Waals surface area contributed by atoms with Gasteiger partial charge < -0.3 is 14.2 Å². The smallest absolute Gasteiger partial charge is 0.277 e. The summed E-state index contributed by atoms with van der Waals surface area (Å²) in [7, 11) is 1.57. The van der Waals surface area contributed by atoms with E-state index in [1.165, 1.54) is 6.21 Å². The Hall–Kier alpha value is -2.54. The van der Waals surface area contributed by atoms with Gasteiger partial charge >= 0.3 is 0 Å². The van der Waals surface area contributed by atoms with Gasteiger partial charge in [0.2, 0.25) is 0 Å². The lowest BCUT2D eigenvalue weighted by molar-refractivity contribution is -0.123. The minimum atomic E-state index is -0.353. The lowest BCUT2D eigenvalue weighted by Crippen LogP contribution is -2.24. The van der Waals surface area contributed by atoms with Crippen LogP contribution in [0.4, 0.5) is 0 Å². The van der Waals surface area contributed by atoms with Gasteiger partial charge in [-0.05, 0) is 48.9 Å². The maximum atomic E-state index is 11.7. The molecule has 0 fully saturated rings. The molecule has 2 rings (SSSR count). The van der Waals surface area contributed by atoms with E-state index in [1.807, 2.05) is 25.1 Å². The first-order valence-electron chi connectivity index (χ1n) is 7.63. The van der Waals surface area contributed by atoms with E-state index in [0.29, 0.717) is 23.9 Å². The van der Waals surface area contributed by atoms with Crippen LogP contribution in [0.2, 0.25) is 0 Å². The van der Waals surface area contributed by atoms with Crippen molar-refractivity contribution in [1.82, 2.24) is 5.43 Å². The van der Waals surface area contributed by atoms with E-state index in [1.54, 1.807) is 31.4 Å². The van der Waals surface area contributed by atoms with E-state index >= 15 is 0 Å². The van der Waals surface area contributed by atoms with Crippen molar-refractivity contribution < 1.29 is 19.0 Å². The molecule has 0 aliphatic carbocycles. The molecule has 0 spiro atoms. The molecule has 2 aromatic carbocycles. The van der Waals surface area contributed by atoms with Gasteiger partial charge in [-0.25, -0.2) is 5.43 Å². The SMILES string of the molecule is CCOc1ccc(/C=N\NC(=O)COc2cccc(Br)c2)cc1OC. The molecular formula is C18H19BrN2O4. The molecule has 0 bridgehead atoms. The highest BCUT2D eigenvalue weighted by atomic mass is 79.9. The van der Waals surface area contributed by atoms with Gasteiger partial charge in [0.25, 0.3) is 5.91 Å². The number of nitrogens with zero attached hydrogens (tertiary/aromatic N) is 1. The first-order chi connectivity index (χ1) is 12.1. The molecule has 0 aromatic heterocycles. The Bertz CT molecular complexity index is 750. The molecule has 1 amide bonds. The van der Waals surface area contributed by atoms with Crippen molar-refractivity contribution in [2.24, 2.45) is 5.10 Å². The average Bonchev–Trinajstić information content (AvgIpc) is 2.61. The maximum absolute atomic E-state index is 11.7.